The van der Waals surface area contributed by atoms with Crippen LogP contribution in [0.3, 0.4) is 0 Å². The van der Waals surface area contributed by atoms with E-state index in [2.05, 4.69) is 4.98 Å². The maximum absolute atomic E-state index is 6.06. The average molecular weight is 239 g/mol. The molecule has 2 aromatic rings. The van der Waals surface area contributed by atoms with Crippen LogP contribution in [-0.2, 0) is 0 Å². The van der Waals surface area contributed by atoms with Crippen LogP contribution < -0.4 is 15.2 Å². The van der Waals surface area contributed by atoms with Gasteiger partial charge >= 0.3 is 0 Å². The molecular weight excluding hydrogens is 228 g/mol. The Labute approximate surface area is 97.9 Å². The summed E-state index contributed by atoms with van der Waals surface area (Å²) in [6.07, 6.45) is 0. The first kappa shape index (κ1) is 10.8. The zero-order valence-corrected chi connectivity index (χ0v) is 9.71. The van der Waals surface area contributed by atoms with E-state index in [0.29, 0.717) is 27.9 Å². The summed E-state index contributed by atoms with van der Waals surface area (Å²) >= 11 is 6.06. The van der Waals surface area contributed by atoms with Gasteiger partial charge in [-0.3, -0.25) is 0 Å². The van der Waals surface area contributed by atoms with Crippen LogP contribution in [0.15, 0.2) is 18.2 Å². The SMILES string of the molecule is COc1c(Cl)cc(OC)c2nc(N)ccc12. The molecule has 2 N–H and O–H groups in total. The Kier molecular flexibility index (Phi) is 2.75. The summed E-state index contributed by atoms with van der Waals surface area (Å²) in [6.45, 7) is 0. The zero-order valence-electron chi connectivity index (χ0n) is 8.95. The number of rotatable bonds is 2. The van der Waals surface area contributed by atoms with E-state index < -0.39 is 0 Å². The molecule has 0 saturated carbocycles. The Morgan fingerprint density at radius 3 is 2.62 bits per heavy atom. The molecule has 1 aromatic heterocycles. The van der Waals surface area contributed by atoms with E-state index in [1.165, 1.54) is 0 Å². The molecule has 0 saturated heterocycles. The molecule has 2 rings (SSSR count). The first-order valence-electron chi connectivity index (χ1n) is 4.64. The molecule has 84 valence electrons. The number of nitrogens with zero attached hydrogens (tertiary/aromatic N) is 1. The van der Waals surface area contributed by atoms with Crippen LogP contribution in [0.1, 0.15) is 0 Å². The third kappa shape index (κ3) is 1.61. The van der Waals surface area contributed by atoms with Gasteiger partial charge in [0.05, 0.1) is 19.2 Å². The first-order valence-corrected chi connectivity index (χ1v) is 5.02. The lowest BCUT2D eigenvalue weighted by Crippen LogP contribution is -1.95. The largest absolute Gasteiger partial charge is 0.494 e. The molecule has 0 atom stereocenters. The number of methoxy groups -OCH3 is 2. The van der Waals surface area contributed by atoms with Gasteiger partial charge in [-0.1, -0.05) is 11.6 Å². The van der Waals surface area contributed by atoms with Gasteiger partial charge in [0.2, 0.25) is 0 Å². The van der Waals surface area contributed by atoms with Gasteiger partial charge in [-0.15, -0.1) is 0 Å². The van der Waals surface area contributed by atoms with Crippen molar-refractivity contribution in [1.82, 2.24) is 4.98 Å². The second-order valence-corrected chi connectivity index (χ2v) is 3.63. The Morgan fingerprint density at radius 2 is 2.00 bits per heavy atom. The monoisotopic (exact) mass is 238 g/mol. The van der Waals surface area contributed by atoms with Crippen LogP contribution in [-0.4, -0.2) is 19.2 Å². The topological polar surface area (TPSA) is 57.4 Å². The molecule has 4 nitrogen and oxygen atoms in total. The smallest absolute Gasteiger partial charge is 0.147 e. The van der Waals surface area contributed by atoms with Crippen LogP contribution in [0.25, 0.3) is 10.9 Å². The van der Waals surface area contributed by atoms with Crippen molar-refractivity contribution in [2.24, 2.45) is 0 Å². The summed E-state index contributed by atoms with van der Waals surface area (Å²) in [5, 5.41) is 1.26. The summed E-state index contributed by atoms with van der Waals surface area (Å²) in [6, 6.07) is 5.17. The van der Waals surface area contributed by atoms with Crippen molar-refractivity contribution >= 4 is 28.3 Å². The fraction of sp³-hybridized carbons (Fsp3) is 0.182. The van der Waals surface area contributed by atoms with E-state index in [0.717, 1.165) is 5.39 Å². The number of ether oxygens (including phenoxy) is 2. The zero-order chi connectivity index (χ0) is 11.7. The molecule has 0 amide bonds. The molecule has 0 bridgehead atoms. The number of fused-ring (bicyclic) bond motifs is 1. The van der Waals surface area contributed by atoms with Gasteiger partial charge in [0.15, 0.2) is 0 Å². The Morgan fingerprint density at radius 1 is 1.25 bits per heavy atom. The van der Waals surface area contributed by atoms with Crippen molar-refractivity contribution in [3.8, 4) is 11.5 Å². The highest BCUT2D eigenvalue weighted by Crippen LogP contribution is 2.38. The minimum atomic E-state index is 0.426. The predicted molar refractivity (Wildman–Crippen MR) is 64.3 cm³/mol. The van der Waals surface area contributed by atoms with Crippen molar-refractivity contribution in [2.45, 2.75) is 0 Å². The fourth-order valence-corrected chi connectivity index (χ4v) is 1.86. The van der Waals surface area contributed by atoms with Crippen molar-refractivity contribution in [3.05, 3.63) is 23.2 Å². The number of benzene rings is 1. The third-order valence-corrected chi connectivity index (χ3v) is 2.57. The maximum Gasteiger partial charge on any atom is 0.147 e. The lowest BCUT2D eigenvalue weighted by molar-refractivity contribution is 0.410. The molecule has 0 aliphatic rings. The van der Waals surface area contributed by atoms with Gasteiger partial charge in [0.25, 0.3) is 0 Å². The lowest BCUT2D eigenvalue weighted by Gasteiger charge is -2.11. The van der Waals surface area contributed by atoms with Gasteiger partial charge < -0.3 is 15.2 Å². The molecular formula is C11H11ClN2O2. The average Bonchev–Trinajstić information content (AvgIpc) is 2.28. The number of hydrogen-bond donors (Lipinski definition) is 1. The lowest BCUT2D eigenvalue weighted by atomic mass is 10.2. The molecule has 0 spiro atoms. The number of nitrogen functional groups attached to an aromatic ring is 1. The van der Waals surface area contributed by atoms with E-state index in [1.54, 1.807) is 26.4 Å². The Balaban J connectivity index is 2.87. The van der Waals surface area contributed by atoms with Gasteiger partial charge in [0.1, 0.15) is 22.8 Å². The van der Waals surface area contributed by atoms with Crippen LogP contribution in [0.4, 0.5) is 5.82 Å². The fourth-order valence-electron chi connectivity index (χ4n) is 1.59. The third-order valence-electron chi connectivity index (χ3n) is 2.29. The standard InChI is InChI=1S/C11H11ClN2O2/c1-15-8-5-7(12)11(16-2)6-3-4-9(13)14-10(6)8/h3-5H,1-2H3,(H2,13,14). The Hall–Kier alpha value is -1.68. The number of pyridine rings is 1. The molecule has 16 heavy (non-hydrogen) atoms. The van der Waals surface area contributed by atoms with E-state index in [9.17, 15) is 0 Å². The number of hydrogen-bond acceptors (Lipinski definition) is 4. The van der Waals surface area contributed by atoms with E-state index in [4.69, 9.17) is 26.8 Å². The molecule has 1 heterocycles. The van der Waals surface area contributed by atoms with E-state index in [-0.39, 0.29) is 0 Å². The quantitative estimate of drug-likeness (QED) is 0.873. The number of nitrogens with two attached hydrogens (primary N) is 1. The number of halogens is 1. The van der Waals surface area contributed by atoms with Crippen molar-refractivity contribution < 1.29 is 9.47 Å². The molecule has 0 unspecified atom stereocenters. The molecule has 0 fully saturated rings. The first-order chi connectivity index (χ1) is 7.67. The van der Waals surface area contributed by atoms with Crippen LogP contribution >= 0.6 is 11.6 Å². The van der Waals surface area contributed by atoms with Crippen LogP contribution in [0, 0.1) is 0 Å². The predicted octanol–water partition coefficient (Wildman–Crippen LogP) is 2.49. The van der Waals surface area contributed by atoms with Gasteiger partial charge in [0, 0.05) is 11.5 Å². The summed E-state index contributed by atoms with van der Waals surface area (Å²) in [5.41, 5.74) is 6.28. The number of aromatic nitrogens is 1. The Bertz CT molecular complexity index is 543. The maximum atomic E-state index is 6.06. The highest BCUT2D eigenvalue weighted by atomic mass is 35.5. The second kappa shape index (κ2) is 4.06. The molecule has 1 aromatic carbocycles. The van der Waals surface area contributed by atoms with Gasteiger partial charge in [-0.05, 0) is 12.1 Å². The van der Waals surface area contributed by atoms with E-state index >= 15 is 0 Å². The summed E-state index contributed by atoms with van der Waals surface area (Å²) in [5.74, 6) is 1.58. The minimum Gasteiger partial charge on any atom is -0.494 e. The summed E-state index contributed by atoms with van der Waals surface area (Å²) in [4.78, 5) is 4.21. The van der Waals surface area contributed by atoms with Crippen molar-refractivity contribution in [3.63, 3.8) is 0 Å². The molecule has 0 aliphatic carbocycles. The second-order valence-electron chi connectivity index (χ2n) is 3.23. The van der Waals surface area contributed by atoms with Crippen LogP contribution in [0.5, 0.6) is 11.5 Å². The normalized spacial score (nSPS) is 10.4. The van der Waals surface area contributed by atoms with Crippen molar-refractivity contribution in [1.29, 1.82) is 0 Å². The van der Waals surface area contributed by atoms with Crippen LogP contribution in [0.2, 0.25) is 5.02 Å². The molecule has 0 radical (unpaired) electrons. The summed E-state index contributed by atoms with van der Waals surface area (Å²) < 4.78 is 10.4. The van der Waals surface area contributed by atoms with E-state index in [1.807, 2.05) is 6.07 Å². The highest BCUT2D eigenvalue weighted by molar-refractivity contribution is 6.33. The van der Waals surface area contributed by atoms with Crippen molar-refractivity contribution in [2.75, 3.05) is 20.0 Å². The highest BCUT2D eigenvalue weighted by Gasteiger charge is 2.13. The minimum absolute atomic E-state index is 0.426. The van der Waals surface area contributed by atoms with Gasteiger partial charge in [-0.25, -0.2) is 4.98 Å². The van der Waals surface area contributed by atoms with Gasteiger partial charge in [-0.2, -0.15) is 0 Å². The molecule has 0 aliphatic heterocycles. The molecule has 5 heteroatoms. The number of anilines is 1. The summed E-state index contributed by atoms with van der Waals surface area (Å²) in [7, 11) is 3.12.